The molecule has 7 heteroatoms. The van der Waals surface area contributed by atoms with Gasteiger partial charge in [0.2, 0.25) is 0 Å². The molecular weight excluding hydrogens is 292 g/mol. The molecule has 0 saturated carbocycles. The molecule has 0 radical (unpaired) electrons. The highest BCUT2D eigenvalue weighted by Crippen LogP contribution is 2.22. The average Bonchev–Trinajstić information content (AvgIpc) is 2.73. The molecule has 0 bridgehead atoms. The summed E-state index contributed by atoms with van der Waals surface area (Å²) in [6, 6.07) is 0. The molecule has 0 aliphatic rings. The summed E-state index contributed by atoms with van der Waals surface area (Å²) in [5, 5.41) is 6.70. The third kappa shape index (κ3) is 2.30. The number of aromatic nitrogens is 3. The number of nitrogens with one attached hydrogen (secondary N) is 1. The van der Waals surface area contributed by atoms with Crippen molar-refractivity contribution in [2.75, 3.05) is 5.32 Å². The van der Waals surface area contributed by atoms with Crippen molar-refractivity contribution in [3.8, 4) is 0 Å². The van der Waals surface area contributed by atoms with E-state index in [0.29, 0.717) is 15.3 Å². The van der Waals surface area contributed by atoms with Gasteiger partial charge in [-0.15, -0.1) is 11.3 Å². The van der Waals surface area contributed by atoms with Crippen molar-refractivity contribution in [1.82, 2.24) is 14.8 Å². The van der Waals surface area contributed by atoms with Gasteiger partial charge in [0, 0.05) is 18.1 Å². The number of thiazole rings is 1. The van der Waals surface area contributed by atoms with Crippen LogP contribution in [0.4, 0.5) is 5.69 Å². The van der Waals surface area contributed by atoms with E-state index in [9.17, 15) is 4.79 Å². The molecule has 5 nitrogen and oxygen atoms in total. The fourth-order valence-electron chi connectivity index (χ4n) is 1.25. The van der Waals surface area contributed by atoms with Crippen LogP contribution in [0.15, 0.2) is 16.3 Å². The maximum atomic E-state index is 11.8. The first-order chi connectivity index (χ1) is 7.56. The highest BCUT2D eigenvalue weighted by Gasteiger charge is 2.14. The molecule has 2 rings (SSSR count). The number of hydrogen-bond acceptors (Lipinski definition) is 4. The third-order valence-electron chi connectivity index (χ3n) is 1.95. The molecule has 1 amide bonds. The van der Waals surface area contributed by atoms with Crippen molar-refractivity contribution in [3.05, 3.63) is 26.9 Å². The van der Waals surface area contributed by atoms with Crippen molar-refractivity contribution in [3.63, 3.8) is 0 Å². The monoisotopic (exact) mass is 300 g/mol. The first kappa shape index (κ1) is 11.3. The molecule has 1 N–H and O–H groups in total. The van der Waals surface area contributed by atoms with Gasteiger partial charge in [0.1, 0.15) is 5.69 Å². The number of rotatable bonds is 2. The number of carbonyl (C=O) groups is 1. The molecule has 2 aromatic heterocycles. The Morgan fingerprint density at radius 1 is 1.62 bits per heavy atom. The molecule has 0 aliphatic heterocycles. The van der Waals surface area contributed by atoms with Gasteiger partial charge in [-0.2, -0.15) is 5.10 Å². The zero-order chi connectivity index (χ0) is 11.7. The van der Waals surface area contributed by atoms with Gasteiger partial charge in [-0.1, -0.05) is 0 Å². The Hall–Kier alpha value is -1.21. The van der Waals surface area contributed by atoms with Crippen LogP contribution in [0.5, 0.6) is 0 Å². The second kappa shape index (κ2) is 4.34. The van der Waals surface area contributed by atoms with Crippen LogP contribution in [-0.2, 0) is 7.05 Å². The van der Waals surface area contributed by atoms with Crippen LogP contribution in [-0.4, -0.2) is 20.7 Å². The van der Waals surface area contributed by atoms with E-state index in [-0.39, 0.29) is 5.91 Å². The van der Waals surface area contributed by atoms with Crippen LogP contribution in [0.3, 0.4) is 0 Å². The van der Waals surface area contributed by atoms with Gasteiger partial charge >= 0.3 is 0 Å². The lowest BCUT2D eigenvalue weighted by Crippen LogP contribution is -2.12. The first-order valence-corrected chi connectivity index (χ1v) is 6.10. The van der Waals surface area contributed by atoms with Crippen molar-refractivity contribution in [2.24, 2.45) is 7.05 Å². The van der Waals surface area contributed by atoms with Gasteiger partial charge in [-0.05, 0) is 22.9 Å². The van der Waals surface area contributed by atoms with Gasteiger partial charge in [0.15, 0.2) is 3.92 Å². The lowest BCUT2D eigenvalue weighted by Gasteiger charge is -1.99. The minimum absolute atomic E-state index is 0.215. The highest BCUT2D eigenvalue weighted by atomic mass is 79.9. The summed E-state index contributed by atoms with van der Waals surface area (Å²) in [5.74, 6) is -0.215. The predicted molar refractivity (Wildman–Crippen MR) is 65.7 cm³/mol. The van der Waals surface area contributed by atoms with Crippen LogP contribution in [0, 0.1) is 6.92 Å². The maximum absolute atomic E-state index is 11.8. The van der Waals surface area contributed by atoms with E-state index in [4.69, 9.17) is 0 Å². The Morgan fingerprint density at radius 3 is 2.88 bits per heavy atom. The Balaban J connectivity index is 2.17. The van der Waals surface area contributed by atoms with Gasteiger partial charge in [-0.3, -0.25) is 9.48 Å². The number of halogens is 1. The molecule has 0 aliphatic carbocycles. The summed E-state index contributed by atoms with van der Waals surface area (Å²) in [6.07, 6.45) is 3.32. The standard InChI is InChI=1S/C9H9BrN4OS/c1-5-7(13-9(10)16-5)8(15)12-6-3-11-14(2)4-6/h3-4H,1-2H3,(H,12,15). The molecule has 0 saturated heterocycles. The third-order valence-corrected chi connectivity index (χ3v) is 3.37. The van der Waals surface area contributed by atoms with E-state index in [1.54, 1.807) is 24.1 Å². The minimum atomic E-state index is -0.215. The molecule has 16 heavy (non-hydrogen) atoms. The second-order valence-electron chi connectivity index (χ2n) is 3.23. The SMILES string of the molecule is Cc1sc(Br)nc1C(=O)Nc1cnn(C)c1. The van der Waals surface area contributed by atoms with Crippen molar-refractivity contribution < 1.29 is 4.79 Å². The maximum Gasteiger partial charge on any atom is 0.275 e. The minimum Gasteiger partial charge on any atom is -0.318 e. The molecule has 84 valence electrons. The summed E-state index contributed by atoms with van der Waals surface area (Å²) in [4.78, 5) is 16.8. The molecule has 0 spiro atoms. The van der Waals surface area contributed by atoms with Gasteiger partial charge in [0.25, 0.3) is 5.91 Å². The smallest absolute Gasteiger partial charge is 0.275 e. The number of amides is 1. The Kier molecular flexibility index (Phi) is 3.06. The van der Waals surface area contributed by atoms with Crippen molar-refractivity contribution in [1.29, 1.82) is 0 Å². The van der Waals surface area contributed by atoms with Gasteiger partial charge < -0.3 is 5.32 Å². The summed E-state index contributed by atoms with van der Waals surface area (Å²) < 4.78 is 2.33. The zero-order valence-corrected chi connectivity index (χ0v) is 11.1. The molecule has 0 unspecified atom stereocenters. The van der Waals surface area contributed by atoms with E-state index in [2.05, 4.69) is 31.3 Å². The summed E-state index contributed by atoms with van der Waals surface area (Å²) >= 11 is 4.69. The molecule has 2 heterocycles. The molecule has 0 aromatic carbocycles. The number of carbonyl (C=O) groups excluding carboxylic acids is 1. The number of nitrogens with zero attached hydrogens (tertiary/aromatic N) is 3. The van der Waals surface area contributed by atoms with E-state index in [1.165, 1.54) is 11.3 Å². The van der Waals surface area contributed by atoms with Gasteiger partial charge in [0.05, 0.1) is 11.9 Å². The van der Waals surface area contributed by atoms with Crippen LogP contribution in [0.25, 0.3) is 0 Å². The summed E-state index contributed by atoms with van der Waals surface area (Å²) in [5.41, 5.74) is 1.11. The largest absolute Gasteiger partial charge is 0.318 e. The van der Waals surface area contributed by atoms with E-state index < -0.39 is 0 Å². The lowest BCUT2D eigenvalue weighted by atomic mass is 10.3. The molecule has 2 aromatic rings. The summed E-state index contributed by atoms with van der Waals surface area (Å²) in [6.45, 7) is 1.86. The van der Waals surface area contributed by atoms with Gasteiger partial charge in [-0.25, -0.2) is 4.98 Å². The predicted octanol–water partition coefficient (Wildman–Crippen LogP) is 2.20. The van der Waals surface area contributed by atoms with Crippen LogP contribution < -0.4 is 5.32 Å². The quantitative estimate of drug-likeness (QED) is 0.925. The molecule has 0 fully saturated rings. The summed E-state index contributed by atoms with van der Waals surface area (Å²) in [7, 11) is 1.79. The fourth-order valence-corrected chi connectivity index (χ4v) is 2.78. The van der Waals surface area contributed by atoms with Crippen molar-refractivity contribution in [2.45, 2.75) is 6.92 Å². The van der Waals surface area contributed by atoms with Crippen molar-refractivity contribution >= 4 is 38.9 Å². The molecule has 0 atom stereocenters. The van der Waals surface area contributed by atoms with Crippen LogP contribution >= 0.6 is 27.3 Å². The Bertz CT molecular complexity index is 533. The number of anilines is 1. The fraction of sp³-hybridized carbons (Fsp3) is 0.222. The lowest BCUT2D eigenvalue weighted by molar-refractivity contribution is 0.102. The topological polar surface area (TPSA) is 59.8 Å². The number of hydrogen-bond donors (Lipinski definition) is 1. The van der Waals surface area contributed by atoms with E-state index in [0.717, 1.165) is 4.88 Å². The normalized spacial score (nSPS) is 10.4. The average molecular weight is 301 g/mol. The van der Waals surface area contributed by atoms with E-state index >= 15 is 0 Å². The van der Waals surface area contributed by atoms with E-state index in [1.807, 2.05) is 6.92 Å². The van der Waals surface area contributed by atoms with Crippen LogP contribution in [0.1, 0.15) is 15.4 Å². The first-order valence-electron chi connectivity index (χ1n) is 4.49. The number of aryl methyl sites for hydroxylation is 2. The van der Waals surface area contributed by atoms with Crippen LogP contribution in [0.2, 0.25) is 0 Å². The second-order valence-corrected chi connectivity index (χ2v) is 5.71. The molecular formula is C9H9BrN4OS. The highest BCUT2D eigenvalue weighted by molar-refractivity contribution is 9.11. The Morgan fingerprint density at radius 2 is 2.38 bits per heavy atom. The Labute approximate surface area is 105 Å². The zero-order valence-electron chi connectivity index (χ0n) is 8.69.